The fourth-order valence-electron chi connectivity index (χ4n) is 0.358. The number of carboxylic acids is 1. The number of rotatable bonds is 3. The first-order valence-corrected chi connectivity index (χ1v) is 2.90. The summed E-state index contributed by atoms with van der Waals surface area (Å²) in [5, 5.41) is 10.5. The van der Waals surface area contributed by atoms with Crippen LogP contribution in [0.1, 0.15) is 13.8 Å². The minimum Gasteiger partial charge on any atom is -0.480 e. The molecule has 0 aliphatic rings. The molecule has 1 amide bonds. The average Bonchev–Trinajstić information content (AvgIpc) is 1.87. The van der Waals surface area contributed by atoms with Gasteiger partial charge in [-0.15, -0.1) is 0 Å². The molecule has 4 nitrogen and oxygen atoms in total. The van der Waals surface area contributed by atoms with Crippen LogP contribution >= 0.6 is 0 Å². The van der Waals surface area contributed by atoms with E-state index in [9.17, 15) is 9.59 Å². The summed E-state index contributed by atoms with van der Waals surface area (Å²) >= 11 is 0. The van der Waals surface area contributed by atoms with E-state index in [1.807, 2.05) is 0 Å². The molecule has 0 radical (unpaired) electrons. The second kappa shape index (κ2) is 6.61. The Morgan fingerprint density at radius 2 is 2.00 bits per heavy atom. The molecule has 2 N–H and O–H groups in total. The van der Waals surface area contributed by atoms with Crippen LogP contribution in [0.4, 0.5) is 0 Å². The first-order valence-electron chi connectivity index (χ1n) is 2.90. The molecule has 0 aliphatic heterocycles. The van der Waals surface area contributed by atoms with Gasteiger partial charge in [0.15, 0.2) is 0 Å². The summed E-state index contributed by atoms with van der Waals surface area (Å²) in [7, 11) is 0. The number of hydrogen-bond acceptors (Lipinski definition) is 2. The molecule has 5 heteroatoms. The van der Waals surface area contributed by atoms with Crippen molar-refractivity contribution >= 4 is 11.9 Å². The number of carbonyl (C=O) groups excluding carboxylic acids is 1. The maximum absolute atomic E-state index is 10.5. The van der Waals surface area contributed by atoms with Gasteiger partial charge in [0.25, 0.3) is 0 Å². The average molecular weight is 233 g/mol. The Kier molecular flexibility index (Phi) is 8.12. The van der Waals surface area contributed by atoms with E-state index in [4.69, 9.17) is 5.11 Å². The van der Waals surface area contributed by atoms with Gasteiger partial charge < -0.3 is 21.6 Å². The molecule has 0 aromatic heterocycles. The summed E-state index contributed by atoms with van der Waals surface area (Å²) in [5.41, 5.74) is 0. The van der Waals surface area contributed by atoms with Gasteiger partial charge in [-0.2, -0.15) is 6.92 Å². The molecule has 0 saturated carbocycles. The van der Waals surface area contributed by atoms with E-state index in [0.717, 1.165) is 0 Å². The van der Waals surface area contributed by atoms with E-state index >= 15 is 0 Å². The SMILES string of the molecule is C[CH-]C(=O)NC(C)C(=O)O.[Y+3]. The van der Waals surface area contributed by atoms with Gasteiger partial charge in [-0.3, -0.25) is 4.79 Å². The molecule has 1 unspecified atom stereocenters. The largest absolute Gasteiger partial charge is 3.00 e. The molecular formula is C6H10NO3Y+2. The van der Waals surface area contributed by atoms with Crippen LogP contribution in [0.5, 0.6) is 0 Å². The number of carboxylic acid groups (broad SMARTS) is 1. The predicted octanol–water partition coefficient (Wildman–Crippen LogP) is -0.203. The van der Waals surface area contributed by atoms with Crippen LogP contribution in [-0.4, -0.2) is 23.0 Å². The van der Waals surface area contributed by atoms with Gasteiger partial charge in [-0.05, 0) is 6.92 Å². The minimum absolute atomic E-state index is 0. The number of hydrogen-bond donors (Lipinski definition) is 2. The summed E-state index contributed by atoms with van der Waals surface area (Å²) in [5.74, 6) is -1.40. The molecule has 0 aromatic rings. The second-order valence-electron chi connectivity index (χ2n) is 1.86. The fourth-order valence-corrected chi connectivity index (χ4v) is 0.358. The van der Waals surface area contributed by atoms with Crippen molar-refractivity contribution in [2.75, 3.05) is 0 Å². The molecule has 0 saturated heterocycles. The molecule has 0 bridgehead atoms. The van der Waals surface area contributed by atoms with Gasteiger partial charge in [0.2, 0.25) is 0 Å². The molecule has 0 aliphatic carbocycles. The molecule has 0 rings (SSSR count). The quantitative estimate of drug-likeness (QED) is 0.663. The number of carbonyl (C=O) groups is 2. The summed E-state index contributed by atoms with van der Waals surface area (Å²) in [6.07, 6.45) is 1.28. The Morgan fingerprint density at radius 3 is 2.27 bits per heavy atom. The van der Waals surface area contributed by atoms with Crippen LogP contribution in [0, 0.1) is 6.42 Å². The number of nitrogens with one attached hydrogen (secondary N) is 1. The van der Waals surface area contributed by atoms with Crippen molar-refractivity contribution < 1.29 is 47.4 Å². The standard InChI is InChI=1S/C6H10NO3.Y/c1-3-5(8)7-4(2)6(9)10;/h3-4H,1-2H3,(H,7,8)(H,9,10);/q-1;+3. The van der Waals surface area contributed by atoms with Crippen LogP contribution in [0.3, 0.4) is 0 Å². The fraction of sp³-hybridized carbons (Fsp3) is 0.500. The maximum atomic E-state index is 10.5. The van der Waals surface area contributed by atoms with Gasteiger partial charge in [0.05, 0.1) is 5.91 Å². The third-order valence-corrected chi connectivity index (χ3v) is 0.991. The predicted molar refractivity (Wildman–Crippen MR) is 35.2 cm³/mol. The van der Waals surface area contributed by atoms with Crippen LogP contribution in [0.2, 0.25) is 0 Å². The van der Waals surface area contributed by atoms with E-state index in [1.165, 1.54) is 13.3 Å². The molecule has 0 fully saturated rings. The third kappa shape index (κ3) is 6.32. The zero-order valence-electron chi connectivity index (χ0n) is 6.50. The van der Waals surface area contributed by atoms with Crippen molar-refractivity contribution in [2.45, 2.75) is 19.9 Å². The maximum Gasteiger partial charge on any atom is 3.00 e. The Labute approximate surface area is 90.6 Å². The molecule has 1 atom stereocenters. The summed E-state index contributed by atoms with van der Waals surface area (Å²) in [6, 6.07) is -0.816. The normalized spacial score (nSPS) is 10.7. The molecular weight excluding hydrogens is 223 g/mol. The van der Waals surface area contributed by atoms with Crippen molar-refractivity contribution in [1.29, 1.82) is 0 Å². The molecule has 11 heavy (non-hydrogen) atoms. The molecule has 58 valence electrons. The monoisotopic (exact) mass is 233 g/mol. The Balaban J connectivity index is 0. The smallest absolute Gasteiger partial charge is 0.480 e. The van der Waals surface area contributed by atoms with Gasteiger partial charge in [-0.25, -0.2) is 0 Å². The molecule has 0 spiro atoms. The van der Waals surface area contributed by atoms with E-state index in [1.54, 1.807) is 6.92 Å². The van der Waals surface area contributed by atoms with Crippen molar-refractivity contribution in [1.82, 2.24) is 5.32 Å². The molecule has 0 heterocycles. The van der Waals surface area contributed by atoms with Crippen molar-refractivity contribution in [3.8, 4) is 0 Å². The minimum atomic E-state index is -1.03. The van der Waals surface area contributed by atoms with Gasteiger partial charge >= 0.3 is 38.7 Å². The summed E-state index contributed by atoms with van der Waals surface area (Å²) < 4.78 is 0. The van der Waals surface area contributed by atoms with Gasteiger partial charge in [0, 0.05) is 0 Å². The van der Waals surface area contributed by atoms with Crippen molar-refractivity contribution in [2.24, 2.45) is 0 Å². The summed E-state index contributed by atoms with van der Waals surface area (Å²) in [4.78, 5) is 20.6. The van der Waals surface area contributed by atoms with Crippen molar-refractivity contribution in [3.05, 3.63) is 6.42 Å². The first kappa shape index (κ1) is 13.5. The van der Waals surface area contributed by atoms with Crippen LogP contribution in [0.25, 0.3) is 0 Å². The van der Waals surface area contributed by atoms with Crippen molar-refractivity contribution in [3.63, 3.8) is 0 Å². The zero-order chi connectivity index (χ0) is 8.15. The van der Waals surface area contributed by atoms with E-state index in [2.05, 4.69) is 5.32 Å². The Bertz CT molecular complexity index is 149. The molecule has 0 aromatic carbocycles. The topological polar surface area (TPSA) is 66.4 Å². The van der Waals surface area contributed by atoms with Crippen LogP contribution in [-0.2, 0) is 42.3 Å². The number of amides is 1. The van der Waals surface area contributed by atoms with Crippen LogP contribution < -0.4 is 5.32 Å². The zero-order valence-corrected chi connectivity index (χ0v) is 9.33. The van der Waals surface area contributed by atoms with Gasteiger partial charge in [0.1, 0.15) is 6.04 Å². The number of aliphatic carboxylic acids is 1. The first-order chi connectivity index (χ1) is 4.57. The Morgan fingerprint density at radius 1 is 1.55 bits per heavy atom. The second-order valence-corrected chi connectivity index (χ2v) is 1.86. The van der Waals surface area contributed by atoms with E-state index in [0.29, 0.717) is 0 Å². The van der Waals surface area contributed by atoms with Gasteiger partial charge in [-0.1, -0.05) is 0 Å². The van der Waals surface area contributed by atoms with E-state index in [-0.39, 0.29) is 38.6 Å². The Hall–Kier alpha value is -0.0861. The third-order valence-electron chi connectivity index (χ3n) is 0.991. The van der Waals surface area contributed by atoms with E-state index < -0.39 is 12.0 Å². The van der Waals surface area contributed by atoms with Crippen LogP contribution in [0.15, 0.2) is 0 Å². The summed E-state index contributed by atoms with van der Waals surface area (Å²) in [6.45, 7) is 2.95.